The number of hydrogen-bond acceptors (Lipinski definition) is 1. The Labute approximate surface area is 169 Å². The summed E-state index contributed by atoms with van der Waals surface area (Å²) >= 11 is 0. The lowest BCUT2D eigenvalue weighted by Crippen LogP contribution is -2.06. The summed E-state index contributed by atoms with van der Waals surface area (Å²) in [5.74, 6) is 0. The van der Waals surface area contributed by atoms with Gasteiger partial charge >= 0.3 is 0 Å². The zero-order valence-corrected chi connectivity index (χ0v) is 18.6. The molecule has 0 aliphatic rings. The molecule has 1 aromatic carbocycles. The molecule has 0 saturated carbocycles. The molecule has 0 atom stereocenters. The molecule has 0 aromatic heterocycles. The van der Waals surface area contributed by atoms with Crippen molar-refractivity contribution in [2.45, 2.75) is 117 Å². The molecular weight excluding hydrogens is 338 g/mol. The molecule has 0 unspecified atom stereocenters. The standard InChI is InChI=1S/C24H43N.ClH/c1-4-7-10-13-16-21-19-20-24(25)23(18-15-12-9-6-3)22(21)17-14-11-8-5-2;/h19-20H,4-18,25H2,1-3H3;1H. The number of halogens is 1. The molecule has 1 aromatic rings. The molecule has 0 spiro atoms. The Morgan fingerprint density at radius 2 is 1.04 bits per heavy atom. The number of nitrogen functional groups attached to an aromatic ring is 1. The van der Waals surface area contributed by atoms with Gasteiger partial charge in [-0.1, -0.05) is 84.6 Å². The predicted octanol–water partition coefficient (Wildman–Crippen LogP) is 8.06. The first kappa shape index (κ1) is 25.3. The molecule has 0 saturated heterocycles. The van der Waals surface area contributed by atoms with Crippen molar-refractivity contribution >= 4 is 18.1 Å². The lowest BCUT2D eigenvalue weighted by molar-refractivity contribution is 0.640. The van der Waals surface area contributed by atoms with E-state index in [4.69, 9.17) is 5.73 Å². The summed E-state index contributed by atoms with van der Waals surface area (Å²) in [7, 11) is 0. The first-order valence-corrected chi connectivity index (χ1v) is 11.1. The number of hydrogen-bond donors (Lipinski definition) is 1. The van der Waals surface area contributed by atoms with Gasteiger partial charge in [-0.2, -0.15) is 0 Å². The summed E-state index contributed by atoms with van der Waals surface area (Å²) in [6.07, 6.45) is 19.7. The van der Waals surface area contributed by atoms with Crippen molar-refractivity contribution in [2.24, 2.45) is 0 Å². The van der Waals surface area contributed by atoms with E-state index in [0.717, 1.165) is 5.69 Å². The van der Waals surface area contributed by atoms with E-state index in [-0.39, 0.29) is 12.4 Å². The quantitative estimate of drug-likeness (QED) is 0.241. The van der Waals surface area contributed by atoms with Crippen LogP contribution in [0.2, 0.25) is 0 Å². The van der Waals surface area contributed by atoms with Gasteiger partial charge in [0.05, 0.1) is 0 Å². The van der Waals surface area contributed by atoms with Crippen molar-refractivity contribution in [3.8, 4) is 0 Å². The molecule has 0 radical (unpaired) electrons. The number of nitrogens with two attached hydrogens (primary N) is 1. The van der Waals surface area contributed by atoms with E-state index in [2.05, 4.69) is 32.9 Å². The van der Waals surface area contributed by atoms with Crippen molar-refractivity contribution in [2.75, 3.05) is 5.73 Å². The largest absolute Gasteiger partial charge is 0.398 e. The fourth-order valence-electron chi connectivity index (χ4n) is 3.80. The molecule has 2 heteroatoms. The summed E-state index contributed by atoms with van der Waals surface area (Å²) in [6, 6.07) is 4.51. The molecule has 2 N–H and O–H groups in total. The number of benzene rings is 1. The fourth-order valence-corrected chi connectivity index (χ4v) is 3.80. The lowest BCUT2D eigenvalue weighted by atomic mass is 9.89. The van der Waals surface area contributed by atoms with Crippen molar-refractivity contribution in [1.29, 1.82) is 0 Å². The van der Waals surface area contributed by atoms with Gasteiger partial charge in [-0.05, 0) is 61.3 Å². The van der Waals surface area contributed by atoms with E-state index in [0.29, 0.717) is 0 Å². The minimum absolute atomic E-state index is 0. The molecular formula is C24H44ClN. The second-order valence-electron chi connectivity index (χ2n) is 7.70. The van der Waals surface area contributed by atoms with Crippen molar-refractivity contribution in [3.63, 3.8) is 0 Å². The summed E-state index contributed by atoms with van der Waals surface area (Å²) in [5.41, 5.74) is 12.1. The van der Waals surface area contributed by atoms with Gasteiger partial charge in [0.25, 0.3) is 0 Å². The third-order valence-electron chi connectivity index (χ3n) is 5.42. The number of rotatable bonds is 15. The Kier molecular flexibility index (Phi) is 16.0. The second-order valence-corrected chi connectivity index (χ2v) is 7.70. The first-order chi connectivity index (χ1) is 12.2. The third-order valence-corrected chi connectivity index (χ3v) is 5.42. The van der Waals surface area contributed by atoms with Gasteiger partial charge < -0.3 is 5.73 Å². The van der Waals surface area contributed by atoms with Gasteiger partial charge in [0.1, 0.15) is 0 Å². The molecule has 0 fully saturated rings. The minimum Gasteiger partial charge on any atom is -0.398 e. The average molecular weight is 382 g/mol. The van der Waals surface area contributed by atoms with E-state index in [9.17, 15) is 0 Å². The SMILES string of the molecule is CCCCCCc1ccc(N)c(CCCCCC)c1CCCCCC.Cl. The van der Waals surface area contributed by atoms with Crippen LogP contribution in [-0.4, -0.2) is 0 Å². The monoisotopic (exact) mass is 381 g/mol. The summed E-state index contributed by atoms with van der Waals surface area (Å²) in [6.45, 7) is 6.86. The van der Waals surface area contributed by atoms with Crippen LogP contribution in [0, 0.1) is 0 Å². The highest BCUT2D eigenvalue weighted by atomic mass is 35.5. The van der Waals surface area contributed by atoms with Gasteiger partial charge in [-0.15, -0.1) is 12.4 Å². The average Bonchev–Trinajstić information content (AvgIpc) is 2.62. The van der Waals surface area contributed by atoms with Crippen molar-refractivity contribution < 1.29 is 0 Å². The molecule has 26 heavy (non-hydrogen) atoms. The lowest BCUT2D eigenvalue weighted by Gasteiger charge is -2.18. The molecule has 0 aliphatic heterocycles. The zero-order chi connectivity index (χ0) is 18.3. The number of unbranched alkanes of at least 4 members (excludes halogenated alkanes) is 9. The van der Waals surface area contributed by atoms with Crippen LogP contribution in [0.25, 0.3) is 0 Å². The van der Waals surface area contributed by atoms with Crippen LogP contribution in [0.5, 0.6) is 0 Å². The van der Waals surface area contributed by atoms with Crippen molar-refractivity contribution in [1.82, 2.24) is 0 Å². The van der Waals surface area contributed by atoms with E-state index in [1.165, 1.54) is 102 Å². The van der Waals surface area contributed by atoms with E-state index >= 15 is 0 Å². The maximum absolute atomic E-state index is 6.41. The van der Waals surface area contributed by atoms with Crippen molar-refractivity contribution in [3.05, 3.63) is 28.8 Å². The van der Waals surface area contributed by atoms with Gasteiger partial charge in [0.2, 0.25) is 0 Å². The van der Waals surface area contributed by atoms with Gasteiger partial charge in [0, 0.05) is 5.69 Å². The maximum Gasteiger partial charge on any atom is 0.0349 e. The summed E-state index contributed by atoms with van der Waals surface area (Å²) in [5, 5.41) is 0. The number of aryl methyl sites for hydroxylation is 1. The van der Waals surface area contributed by atoms with Gasteiger partial charge in [-0.25, -0.2) is 0 Å². The molecule has 0 aliphatic carbocycles. The highest BCUT2D eigenvalue weighted by Gasteiger charge is 2.12. The van der Waals surface area contributed by atoms with Crippen LogP contribution in [0.15, 0.2) is 12.1 Å². The van der Waals surface area contributed by atoms with E-state index < -0.39 is 0 Å². The Morgan fingerprint density at radius 1 is 0.577 bits per heavy atom. The maximum atomic E-state index is 6.41. The highest BCUT2D eigenvalue weighted by molar-refractivity contribution is 5.85. The zero-order valence-electron chi connectivity index (χ0n) is 17.7. The molecule has 1 nitrogen and oxygen atoms in total. The fraction of sp³-hybridized carbons (Fsp3) is 0.750. The van der Waals surface area contributed by atoms with Crippen LogP contribution in [0.1, 0.15) is 115 Å². The van der Waals surface area contributed by atoms with Crippen LogP contribution in [-0.2, 0) is 19.3 Å². The molecule has 152 valence electrons. The van der Waals surface area contributed by atoms with E-state index in [1.54, 1.807) is 11.1 Å². The summed E-state index contributed by atoms with van der Waals surface area (Å²) < 4.78 is 0. The molecule has 1 rings (SSSR count). The molecule has 0 amide bonds. The van der Waals surface area contributed by atoms with Gasteiger partial charge in [-0.3, -0.25) is 0 Å². The van der Waals surface area contributed by atoms with Crippen LogP contribution in [0.4, 0.5) is 5.69 Å². The Bertz CT molecular complexity index is 456. The highest BCUT2D eigenvalue weighted by Crippen LogP contribution is 2.27. The minimum atomic E-state index is 0. The second kappa shape index (κ2) is 16.5. The molecule has 0 heterocycles. The first-order valence-electron chi connectivity index (χ1n) is 11.1. The van der Waals surface area contributed by atoms with Crippen LogP contribution >= 0.6 is 12.4 Å². The topological polar surface area (TPSA) is 26.0 Å². The third kappa shape index (κ3) is 9.86. The van der Waals surface area contributed by atoms with Gasteiger partial charge in [0.15, 0.2) is 0 Å². The smallest absolute Gasteiger partial charge is 0.0349 e. The summed E-state index contributed by atoms with van der Waals surface area (Å²) in [4.78, 5) is 0. The Morgan fingerprint density at radius 3 is 1.54 bits per heavy atom. The van der Waals surface area contributed by atoms with E-state index in [1.807, 2.05) is 0 Å². The number of anilines is 1. The normalized spacial score (nSPS) is 10.7. The molecule has 0 bridgehead atoms. The Hall–Kier alpha value is -0.690. The predicted molar refractivity (Wildman–Crippen MR) is 122 cm³/mol. The van der Waals surface area contributed by atoms with Crippen LogP contribution in [0.3, 0.4) is 0 Å². The Balaban J connectivity index is 0.00000625. The van der Waals surface area contributed by atoms with Crippen LogP contribution < -0.4 is 5.73 Å².